The standard InChI is InChI=1S/C26H23N3O4S/c1-16-24(18(3)30)17(2)27-25(16)21(31)15-33-23(32)12-11-19-14-29(20-8-5-4-6-9-20)28-26(19)22-10-7-13-34-22/h4-14,27H,15H2,1-3H3. The number of carbonyl (C=O) groups excluding carboxylic acids is 3. The number of hydrogen-bond donors (Lipinski definition) is 1. The number of rotatable bonds is 8. The lowest BCUT2D eigenvalue weighted by Gasteiger charge is -2.02. The number of nitrogens with zero attached hydrogens (tertiary/aromatic N) is 2. The van der Waals surface area contributed by atoms with E-state index < -0.39 is 18.4 Å². The fourth-order valence-electron chi connectivity index (χ4n) is 3.80. The molecule has 1 aromatic carbocycles. The second-order valence-corrected chi connectivity index (χ2v) is 8.68. The number of aryl methyl sites for hydroxylation is 1. The summed E-state index contributed by atoms with van der Waals surface area (Å²) in [4.78, 5) is 40.6. The van der Waals surface area contributed by atoms with Crippen molar-refractivity contribution >= 4 is 34.9 Å². The highest BCUT2D eigenvalue weighted by Crippen LogP contribution is 2.28. The molecule has 0 saturated heterocycles. The minimum Gasteiger partial charge on any atom is -0.454 e. The van der Waals surface area contributed by atoms with Crippen LogP contribution in [0.3, 0.4) is 0 Å². The van der Waals surface area contributed by atoms with Crippen LogP contribution in [0.25, 0.3) is 22.3 Å². The van der Waals surface area contributed by atoms with E-state index in [2.05, 4.69) is 10.1 Å². The maximum atomic E-state index is 12.5. The zero-order chi connectivity index (χ0) is 24.2. The Morgan fingerprint density at radius 2 is 1.88 bits per heavy atom. The van der Waals surface area contributed by atoms with Gasteiger partial charge in [0.1, 0.15) is 5.69 Å². The Hall–Kier alpha value is -4.04. The van der Waals surface area contributed by atoms with E-state index in [1.807, 2.05) is 54.0 Å². The van der Waals surface area contributed by atoms with Gasteiger partial charge in [0.15, 0.2) is 12.4 Å². The monoisotopic (exact) mass is 473 g/mol. The zero-order valence-corrected chi connectivity index (χ0v) is 19.8. The fourth-order valence-corrected chi connectivity index (χ4v) is 4.53. The second-order valence-electron chi connectivity index (χ2n) is 7.74. The van der Waals surface area contributed by atoms with Gasteiger partial charge in [0.2, 0.25) is 5.78 Å². The highest BCUT2D eigenvalue weighted by atomic mass is 32.1. The molecule has 34 heavy (non-hydrogen) atoms. The Balaban J connectivity index is 1.49. The molecule has 7 nitrogen and oxygen atoms in total. The number of carbonyl (C=O) groups is 3. The molecule has 3 heterocycles. The maximum absolute atomic E-state index is 12.5. The molecule has 3 aromatic heterocycles. The zero-order valence-electron chi connectivity index (χ0n) is 19.0. The van der Waals surface area contributed by atoms with Crippen LogP contribution in [0, 0.1) is 13.8 Å². The molecule has 4 aromatic rings. The van der Waals surface area contributed by atoms with Gasteiger partial charge in [0, 0.05) is 29.1 Å². The van der Waals surface area contributed by atoms with Crippen LogP contribution in [0.4, 0.5) is 0 Å². The van der Waals surface area contributed by atoms with Crippen LogP contribution in [0.2, 0.25) is 0 Å². The van der Waals surface area contributed by atoms with Gasteiger partial charge in [-0.3, -0.25) is 9.59 Å². The summed E-state index contributed by atoms with van der Waals surface area (Å²) in [7, 11) is 0. The number of aromatic amines is 1. The predicted octanol–water partition coefficient (Wildman–Crippen LogP) is 5.19. The van der Waals surface area contributed by atoms with E-state index in [0.717, 1.165) is 21.8 Å². The van der Waals surface area contributed by atoms with Gasteiger partial charge in [-0.05, 0) is 56.0 Å². The third-order valence-corrected chi connectivity index (χ3v) is 6.21. The summed E-state index contributed by atoms with van der Waals surface area (Å²) in [6, 6.07) is 13.6. The van der Waals surface area contributed by atoms with Gasteiger partial charge in [-0.2, -0.15) is 5.10 Å². The quantitative estimate of drug-likeness (QED) is 0.216. The van der Waals surface area contributed by atoms with E-state index >= 15 is 0 Å². The van der Waals surface area contributed by atoms with Crippen LogP contribution in [-0.4, -0.2) is 38.9 Å². The SMILES string of the molecule is CC(=O)c1c(C)[nH]c(C(=O)COC(=O)C=Cc2cn(-c3ccccc3)nc2-c2cccs2)c1C. The van der Waals surface area contributed by atoms with E-state index in [9.17, 15) is 14.4 Å². The topological polar surface area (TPSA) is 94.0 Å². The third-order valence-electron chi connectivity index (χ3n) is 5.33. The molecule has 172 valence electrons. The number of thiophene rings is 1. The predicted molar refractivity (Wildman–Crippen MR) is 131 cm³/mol. The van der Waals surface area contributed by atoms with Crippen LogP contribution in [0.5, 0.6) is 0 Å². The average molecular weight is 474 g/mol. The molecule has 0 aliphatic rings. The van der Waals surface area contributed by atoms with Crippen molar-refractivity contribution in [3.05, 3.63) is 88.2 Å². The van der Waals surface area contributed by atoms with E-state index in [1.54, 1.807) is 35.9 Å². The Kier molecular flexibility index (Phi) is 6.70. The van der Waals surface area contributed by atoms with Crippen LogP contribution < -0.4 is 0 Å². The van der Waals surface area contributed by atoms with Gasteiger partial charge in [-0.15, -0.1) is 11.3 Å². The molecule has 0 atom stereocenters. The number of nitrogens with one attached hydrogen (secondary N) is 1. The first-order valence-electron chi connectivity index (χ1n) is 10.6. The lowest BCUT2D eigenvalue weighted by molar-refractivity contribution is -0.136. The van der Waals surface area contributed by atoms with Gasteiger partial charge < -0.3 is 9.72 Å². The number of ketones is 2. The maximum Gasteiger partial charge on any atom is 0.331 e. The molecule has 0 amide bonds. The lowest BCUT2D eigenvalue weighted by atomic mass is 10.1. The normalized spacial score (nSPS) is 11.1. The minimum atomic E-state index is -0.648. The van der Waals surface area contributed by atoms with Crippen LogP contribution in [-0.2, 0) is 9.53 Å². The summed E-state index contributed by atoms with van der Waals surface area (Å²) in [6.07, 6.45) is 4.75. The molecule has 0 aliphatic heterocycles. The summed E-state index contributed by atoms with van der Waals surface area (Å²) in [6.45, 7) is 4.46. The number of ether oxygens (including phenoxy) is 1. The van der Waals surface area contributed by atoms with Gasteiger partial charge in [0.25, 0.3) is 0 Å². The lowest BCUT2D eigenvalue weighted by Crippen LogP contribution is -2.14. The van der Waals surface area contributed by atoms with Crippen molar-refractivity contribution in [1.82, 2.24) is 14.8 Å². The first-order valence-corrected chi connectivity index (χ1v) is 11.5. The number of esters is 1. The smallest absolute Gasteiger partial charge is 0.331 e. The molecule has 0 radical (unpaired) electrons. The van der Waals surface area contributed by atoms with Crippen LogP contribution in [0.1, 0.15) is 44.6 Å². The van der Waals surface area contributed by atoms with Gasteiger partial charge in [-0.1, -0.05) is 24.3 Å². The molecule has 0 saturated carbocycles. The Morgan fingerprint density at radius 3 is 2.53 bits per heavy atom. The first kappa shape index (κ1) is 23.1. The summed E-state index contributed by atoms with van der Waals surface area (Å²) < 4.78 is 6.92. The average Bonchev–Trinajstić information content (AvgIpc) is 3.55. The first-order chi connectivity index (χ1) is 16.3. The molecular formula is C26H23N3O4S. The summed E-state index contributed by atoms with van der Waals surface area (Å²) >= 11 is 1.55. The van der Waals surface area contributed by atoms with E-state index in [-0.39, 0.29) is 11.5 Å². The molecule has 0 spiro atoms. The number of benzene rings is 1. The highest BCUT2D eigenvalue weighted by Gasteiger charge is 2.20. The molecule has 4 rings (SSSR count). The largest absolute Gasteiger partial charge is 0.454 e. The number of Topliss-reactive ketones (excluding diaryl/α,β-unsaturated/α-hetero) is 2. The van der Waals surface area contributed by atoms with Gasteiger partial charge in [-0.25, -0.2) is 9.48 Å². The molecule has 1 N–H and O–H groups in total. The third kappa shape index (κ3) is 4.82. The Labute approximate surface area is 200 Å². The van der Waals surface area contributed by atoms with E-state index in [1.165, 1.54) is 13.0 Å². The van der Waals surface area contributed by atoms with Crippen LogP contribution >= 0.6 is 11.3 Å². The van der Waals surface area contributed by atoms with Crippen molar-refractivity contribution in [3.8, 4) is 16.3 Å². The number of H-pyrrole nitrogens is 1. The van der Waals surface area contributed by atoms with Crippen molar-refractivity contribution < 1.29 is 19.1 Å². The molecule has 8 heteroatoms. The Morgan fingerprint density at radius 1 is 1.12 bits per heavy atom. The van der Waals surface area contributed by atoms with Gasteiger partial charge in [0.05, 0.1) is 16.3 Å². The van der Waals surface area contributed by atoms with Crippen molar-refractivity contribution in [2.75, 3.05) is 6.61 Å². The van der Waals surface area contributed by atoms with Crippen molar-refractivity contribution in [2.45, 2.75) is 20.8 Å². The van der Waals surface area contributed by atoms with Crippen molar-refractivity contribution in [3.63, 3.8) is 0 Å². The summed E-state index contributed by atoms with van der Waals surface area (Å²) in [5.41, 5.74) is 4.35. The second kappa shape index (κ2) is 9.84. The summed E-state index contributed by atoms with van der Waals surface area (Å²) in [5.74, 6) is -1.17. The Bertz CT molecular complexity index is 1380. The van der Waals surface area contributed by atoms with E-state index in [4.69, 9.17) is 4.74 Å². The molecule has 0 aliphatic carbocycles. The number of hydrogen-bond acceptors (Lipinski definition) is 6. The van der Waals surface area contributed by atoms with E-state index in [0.29, 0.717) is 16.8 Å². The molecule has 0 bridgehead atoms. The molecule has 0 fully saturated rings. The van der Waals surface area contributed by atoms with Crippen LogP contribution in [0.15, 0.2) is 60.1 Å². The molecule has 0 unspecified atom stereocenters. The van der Waals surface area contributed by atoms with Crippen molar-refractivity contribution in [1.29, 1.82) is 0 Å². The van der Waals surface area contributed by atoms with Gasteiger partial charge >= 0.3 is 5.97 Å². The fraction of sp³-hybridized carbons (Fsp3) is 0.154. The number of aromatic nitrogens is 3. The number of para-hydroxylation sites is 1. The molecular weight excluding hydrogens is 450 g/mol. The highest BCUT2D eigenvalue weighted by molar-refractivity contribution is 7.13. The van der Waals surface area contributed by atoms with Crippen molar-refractivity contribution in [2.24, 2.45) is 0 Å². The summed E-state index contributed by atoms with van der Waals surface area (Å²) in [5, 5.41) is 6.65. The minimum absolute atomic E-state index is 0.122.